The second kappa shape index (κ2) is 7.91. The van der Waals surface area contributed by atoms with Crippen molar-refractivity contribution in [2.45, 2.75) is 32.5 Å². The molecular weight excluding hydrogens is 344 g/mol. The molecule has 2 unspecified atom stereocenters. The summed E-state index contributed by atoms with van der Waals surface area (Å²) in [6.45, 7) is 4.32. The van der Waals surface area contributed by atoms with Gasteiger partial charge in [0.25, 0.3) is 0 Å². The van der Waals surface area contributed by atoms with Crippen LogP contribution in [0, 0.1) is 6.92 Å². The highest BCUT2D eigenvalue weighted by Crippen LogP contribution is 2.29. The minimum absolute atomic E-state index is 0.0351. The molecule has 0 saturated carbocycles. The number of hydrogen-bond acceptors (Lipinski definition) is 2. The van der Waals surface area contributed by atoms with E-state index in [1.54, 1.807) is 6.07 Å². The molecule has 2 atom stereocenters. The summed E-state index contributed by atoms with van der Waals surface area (Å²) < 4.78 is 0. The fourth-order valence-electron chi connectivity index (χ4n) is 3.89. The Morgan fingerprint density at radius 3 is 2.25 bits per heavy atom. The predicted molar refractivity (Wildman–Crippen MR) is 114 cm³/mol. The summed E-state index contributed by atoms with van der Waals surface area (Å²) in [5.41, 5.74) is 7.06. The van der Waals surface area contributed by atoms with E-state index in [1.165, 1.54) is 22.3 Å². The maximum Gasteiger partial charge on any atom is 0.186 e. The van der Waals surface area contributed by atoms with Gasteiger partial charge in [0.15, 0.2) is 6.17 Å². The molecule has 0 bridgehead atoms. The van der Waals surface area contributed by atoms with E-state index >= 15 is 0 Å². The molecular formula is C25H27N2O+. The molecule has 3 heteroatoms. The average Bonchev–Trinajstić information content (AvgIpc) is 2.74. The lowest BCUT2D eigenvalue weighted by molar-refractivity contribution is -0.731. The van der Waals surface area contributed by atoms with E-state index in [0.29, 0.717) is 5.75 Å². The molecule has 3 nitrogen and oxygen atoms in total. The quantitative estimate of drug-likeness (QED) is 0.643. The van der Waals surface area contributed by atoms with E-state index in [9.17, 15) is 5.11 Å². The molecule has 0 spiro atoms. The van der Waals surface area contributed by atoms with Crippen molar-refractivity contribution in [2.75, 3.05) is 0 Å². The van der Waals surface area contributed by atoms with Crippen LogP contribution in [0.2, 0.25) is 0 Å². The first-order valence-electron chi connectivity index (χ1n) is 9.92. The van der Waals surface area contributed by atoms with Gasteiger partial charge in [-0.05, 0) is 42.2 Å². The van der Waals surface area contributed by atoms with Crippen LogP contribution in [0.15, 0.2) is 78.9 Å². The van der Waals surface area contributed by atoms with Crippen molar-refractivity contribution in [3.8, 4) is 5.75 Å². The Morgan fingerprint density at radius 2 is 1.57 bits per heavy atom. The van der Waals surface area contributed by atoms with Crippen molar-refractivity contribution >= 4 is 5.70 Å². The predicted octanol–water partition coefficient (Wildman–Crippen LogP) is 4.21. The molecule has 142 valence electrons. The maximum absolute atomic E-state index is 10.4. The number of aromatic hydroxyl groups is 1. The molecule has 0 aromatic heterocycles. The smallest absolute Gasteiger partial charge is 0.186 e. The van der Waals surface area contributed by atoms with Gasteiger partial charge in [-0.1, -0.05) is 67.6 Å². The monoisotopic (exact) mass is 371 g/mol. The lowest BCUT2D eigenvalue weighted by atomic mass is 9.96. The molecule has 0 saturated heterocycles. The average molecular weight is 372 g/mol. The fraction of sp³-hybridized carbons (Fsp3) is 0.200. The molecule has 1 aliphatic heterocycles. The number of para-hydroxylation sites is 1. The van der Waals surface area contributed by atoms with Crippen LogP contribution in [0.3, 0.4) is 0 Å². The van der Waals surface area contributed by atoms with Gasteiger partial charge in [0.2, 0.25) is 0 Å². The highest BCUT2D eigenvalue weighted by Gasteiger charge is 2.29. The van der Waals surface area contributed by atoms with Crippen LogP contribution in [0.1, 0.15) is 46.9 Å². The van der Waals surface area contributed by atoms with Crippen molar-refractivity contribution in [3.05, 3.63) is 107 Å². The number of quaternary nitrogens is 1. The van der Waals surface area contributed by atoms with Crippen LogP contribution in [0.5, 0.6) is 5.75 Å². The third-order valence-electron chi connectivity index (χ3n) is 5.55. The maximum atomic E-state index is 10.4. The van der Waals surface area contributed by atoms with Gasteiger partial charge in [-0.2, -0.15) is 0 Å². The third-order valence-corrected chi connectivity index (χ3v) is 5.55. The van der Waals surface area contributed by atoms with E-state index in [-0.39, 0.29) is 12.2 Å². The molecule has 4 N–H and O–H groups in total. The number of nitrogens with one attached hydrogen (secondary N) is 1. The standard InChI is InChI=1S/C25H26N2O/c1-3-18-12-14-19(15-13-18)22-16-23(21-10-6-7-11-24(21)28)27-25(26-22)20-9-5-4-8-17(20)2/h4-16,23,25-28H,3H2,1-2H3/p+1. The van der Waals surface area contributed by atoms with Gasteiger partial charge in [-0.15, -0.1) is 0 Å². The van der Waals surface area contributed by atoms with E-state index in [1.807, 2.05) is 18.2 Å². The SMILES string of the molecule is CCc1ccc(C2=CC(c3ccccc3O)[NH2+]C(c3ccccc3C)N2)cc1. The molecule has 28 heavy (non-hydrogen) atoms. The number of hydrogen-bond donors (Lipinski definition) is 3. The summed E-state index contributed by atoms with van der Waals surface area (Å²) >= 11 is 0. The Morgan fingerprint density at radius 1 is 0.893 bits per heavy atom. The van der Waals surface area contributed by atoms with Gasteiger partial charge >= 0.3 is 0 Å². The summed E-state index contributed by atoms with van der Waals surface area (Å²) in [4.78, 5) is 0. The van der Waals surface area contributed by atoms with Crippen molar-refractivity contribution in [1.82, 2.24) is 5.32 Å². The first kappa shape index (κ1) is 18.3. The highest BCUT2D eigenvalue weighted by atomic mass is 16.3. The first-order chi connectivity index (χ1) is 13.7. The van der Waals surface area contributed by atoms with Crippen LogP contribution >= 0.6 is 0 Å². The Hall–Kier alpha value is -3.04. The second-order valence-corrected chi connectivity index (χ2v) is 7.39. The Kier molecular flexibility index (Phi) is 5.18. The summed E-state index contributed by atoms with van der Waals surface area (Å²) in [6.07, 6.45) is 3.33. The minimum Gasteiger partial charge on any atom is -0.507 e. The number of benzene rings is 3. The number of phenolic OH excluding ortho intramolecular Hbond substituents is 1. The van der Waals surface area contributed by atoms with Crippen LogP contribution in [-0.4, -0.2) is 5.11 Å². The number of phenols is 1. The lowest BCUT2D eigenvalue weighted by Gasteiger charge is -2.30. The fourth-order valence-corrected chi connectivity index (χ4v) is 3.89. The Labute approximate surface area is 166 Å². The van der Waals surface area contributed by atoms with Crippen LogP contribution in [-0.2, 0) is 6.42 Å². The highest BCUT2D eigenvalue weighted by molar-refractivity contribution is 5.66. The summed E-state index contributed by atoms with van der Waals surface area (Å²) in [5, 5.41) is 16.4. The topological polar surface area (TPSA) is 48.9 Å². The van der Waals surface area contributed by atoms with E-state index in [2.05, 4.69) is 79.1 Å². The molecule has 0 radical (unpaired) electrons. The normalized spacial score (nSPS) is 19.0. The van der Waals surface area contributed by atoms with Gasteiger partial charge in [0, 0.05) is 17.3 Å². The van der Waals surface area contributed by atoms with Gasteiger partial charge in [0.05, 0.1) is 5.56 Å². The first-order valence-corrected chi connectivity index (χ1v) is 9.92. The molecule has 0 aliphatic carbocycles. The summed E-state index contributed by atoms with van der Waals surface area (Å²) in [5.74, 6) is 0.339. The third kappa shape index (κ3) is 3.67. The molecule has 3 aromatic carbocycles. The van der Waals surface area contributed by atoms with Gasteiger partial charge in [-0.3, -0.25) is 0 Å². The summed E-state index contributed by atoms with van der Waals surface area (Å²) in [7, 11) is 0. The molecule has 1 heterocycles. The molecule has 3 aromatic rings. The minimum atomic E-state index is 0.0351. The van der Waals surface area contributed by atoms with E-state index < -0.39 is 0 Å². The largest absolute Gasteiger partial charge is 0.507 e. The number of rotatable bonds is 4. The zero-order chi connectivity index (χ0) is 19.5. The summed E-state index contributed by atoms with van der Waals surface area (Å²) in [6, 6.07) is 24.9. The van der Waals surface area contributed by atoms with Crippen LogP contribution in [0.25, 0.3) is 5.70 Å². The van der Waals surface area contributed by atoms with E-state index in [0.717, 1.165) is 17.7 Å². The van der Waals surface area contributed by atoms with Crippen LogP contribution in [0.4, 0.5) is 0 Å². The number of aryl methyl sites for hydroxylation is 2. The van der Waals surface area contributed by atoms with E-state index in [4.69, 9.17) is 0 Å². The lowest BCUT2D eigenvalue weighted by Crippen LogP contribution is -2.90. The zero-order valence-electron chi connectivity index (χ0n) is 16.4. The van der Waals surface area contributed by atoms with Gasteiger partial charge in [0.1, 0.15) is 11.8 Å². The Balaban J connectivity index is 1.76. The van der Waals surface area contributed by atoms with Crippen molar-refractivity contribution in [3.63, 3.8) is 0 Å². The van der Waals surface area contributed by atoms with Gasteiger partial charge in [-0.25, -0.2) is 0 Å². The van der Waals surface area contributed by atoms with Crippen molar-refractivity contribution in [1.29, 1.82) is 0 Å². The van der Waals surface area contributed by atoms with Crippen molar-refractivity contribution < 1.29 is 10.4 Å². The molecule has 0 amide bonds. The number of nitrogens with two attached hydrogens (primary N) is 1. The Bertz CT molecular complexity index is 991. The molecule has 1 aliphatic rings. The molecule has 0 fully saturated rings. The van der Waals surface area contributed by atoms with Crippen LogP contribution < -0.4 is 10.6 Å². The van der Waals surface area contributed by atoms with Gasteiger partial charge < -0.3 is 15.7 Å². The molecule has 4 rings (SSSR count). The zero-order valence-corrected chi connectivity index (χ0v) is 16.4. The van der Waals surface area contributed by atoms with Crippen molar-refractivity contribution in [2.24, 2.45) is 0 Å². The second-order valence-electron chi connectivity index (χ2n) is 7.39.